The van der Waals surface area contributed by atoms with Crippen LogP contribution in [0.5, 0.6) is 0 Å². The molecule has 0 aliphatic carbocycles. The van der Waals surface area contributed by atoms with Crippen molar-refractivity contribution in [1.29, 1.82) is 0 Å². The fraction of sp³-hybridized carbons (Fsp3) is 0.214. The van der Waals surface area contributed by atoms with Crippen LogP contribution in [0.4, 0.5) is 5.82 Å². The van der Waals surface area contributed by atoms with Crippen LogP contribution in [0, 0.1) is 0 Å². The predicted molar refractivity (Wildman–Crippen MR) is 86.2 cm³/mol. The molecule has 0 fully saturated rings. The number of Topliss-reactive ketones (excluding diaryl/α,β-unsaturated/α-hetero) is 1. The van der Waals surface area contributed by atoms with E-state index in [4.69, 9.17) is 23.2 Å². The largest absolute Gasteiger partial charge is 0.364 e. The third-order valence-corrected chi connectivity index (χ3v) is 3.74. The second-order valence-corrected chi connectivity index (χ2v) is 5.51. The van der Waals surface area contributed by atoms with Crippen molar-refractivity contribution in [3.05, 3.63) is 60.7 Å². The second-order valence-electron chi connectivity index (χ2n) is 4.67. The van der Waals surface area contributed by atoms with Crippen molar-refractivity contribution in [3.63, 3.8) is 0 Å². The van der Waals surface area contributed by atoms with Gasteiger partial charge in [-0.25, -0.2) is 4.79 Å². The number of nitrogens with one attached hydrogen (secondary N) is 1. The van der Waals surface area contributed by atoms with Crippen LogP contribution in [0.2, 0.25) is 10.0 Å². The Kier molecular flexibility index (Phi) is 4.73. The minimum absolute atomic E-state index is 0.109. The van der Waals surface area contributed by atoms with Crippen molar-refractivity contribution >= 4 is 34.8 Å². The molecular weight excluding hydrogens is 329 g/mol. The zero-order chi connectivity index (χ0) is 16.4. The Hall–Kier alpha value is -2.05. The topological polar surface area (TPSA) is 73.1 Å². The predicted octanol–water partition coefficient (Wildman–Crippen LogP) is 1.69. The summed E-state index contributed by atoms with van der Waals surface area (Å²) in [5, 5.41) is 3.45. The Balaban J connectivity index is 2.22. The van der Waals surface area contributed by atoms with E-state index in [-0.39, 0.29) is 23.2 Å². The summed E-state index contributed by atoms with van der Waals surface area (Å²) in [5.41, 5.74) is -0.623. The van der Waals surface area contributed by atoms with Crippen molar-refractivity contribution in [2.75, 3.05) is 11.9 Å². The minimum atomic E-state index is -0.480. The van der Waals surface area contributed by atoms with Gasteiger partial charge >= 0.3 is 5.69 Å². The van der Waals surface area contributed by atoms with Gasteiger partial charge in [0.2, 0.25) is 0 Å². The Morgan fingerprint density at radius 3 is 2.45 bits per heavy atom. The molecule has 0 aliphatic heterocycles. The van der Waals surface area contributed by atoms with E-state index in [1.807, 2.05) is 0 Å². The first-order chi connectivity index (χ1) is 10.3. The number of carbonyl (C=O) groups excluding carboxylic acids is 1. The SMILES string of the molecule is Cn1c(NCC(=O)c2ccc(Cl)cc2Cl)cc(=O)n(C)c1=O. The van der Waals surface area contributed by atoms with Crippen molar-refractivity contribution in [3.8, 4) is 0 Å². The zero-order valence-corrected chi connectivity index (χ0v) is 13.4. The first-order valence-corrected chi connectivity index (χ1v) is 7.06. The molecule has 1 aromatic carbocycles. The van der Waals surface area contributed by atoms with Gasteiger partial charge in [-0.1, -0.05) is 23.2 Å². The number of ketones is 1. The molecule has 0 unspecified atom stereocenters. The van der Waals surface area contributed by atoms with Gasteiger partial charge in [0.15, 0.2) is 5.78 Å². The summed E-state index contributed by atoms with van der Waals surface area (Å²) in [6.45, 7) is -0.109. The maximum absolute atomic E-state index is 12.1. The number of hydrogen-bond donors (Lipinski definition) is 1. The summed E-state index contributed by atoms with van der Waals surface area (Å²) in [7, 11) is 2.89. The lowest BCUT2D eigenvalue weighted by Gasteiger charge is -2.11. The molecule has 0 saturated carbocycles. The van der Waals surface area contributed by atoms with E-state index >= 15 is 0 Å². The molecule has 0 saturated heterocycles. The van der Waals surface area contributed by atoms with Crippen LogP contribution in [0.3, 0.4) is 0 Å². The number of halogens is 2. The molecule has 8 heteroatoms. The molecule has 1 heterocycles. The number of aromatic nitrogens is 2. The number of nitrogens with zero attached hydrogens (tertiary/aromatic N) is 2. The molecule has 0 aliphatic rings. The average molecular weight is 342 g/mol. The Morgan fingerprint density at radius 1 is 1.14 bits per heavy atom. The van der Waals surface area contributed by atoms with Crippen LogP contribution >= 0.6 is 23.2 Å². The summed E-state index contributed by atoms with van der Waals surface area (Å²) >= 11 is 11.7. The highest BCUT2D eigenvalue weighted by atomic mass is 35.5. The number of hydrogen-bond acceptors (Lipinski definition) is 4. The molecule has 22 heavy (non-hydrogen) atoms. The van der Waals surface area contributed by atoms with Crippen LogP contribution < -0.4 is 16.6 Å². The first kappa shape index (κ1) is 16.3. The lowest BCUT2D eigenvalue weighted by molar-refractivity contribution is 0.101. The third-order valence-electron chi connectivity index (χ3n) is 3.19. The maximum atomic E-state index is 12.1. The van der Waals surface area contributed by atoms with Crippen molar-refractivity contribution < 1.29 is 4.79 Å². The smallest absolute Gasteiger partial charge is 0.332 e. The summed E-state index contributed by atoms with van der Waals surface area (Å²) in [5.74, 6) is -0.0265. The molecule has 1 N–H and O–H groups in total. The molecule has 116 valence electrons. The van der Waals surface area contributed by atoms with Gasteiger partial charge in [0.1, 0.15) is 5.82 Å². The van der Waals surface area contributed by atoms with Crippen molar-refractivity contribution in [2.24, 2.45) is 14.1 Å². The molecule has 0 atom stereocenters. The van der Waals surface area contributed by atoms with E-state index in [1.165, 1.54) is 36.9 Å². The highest BCUT2D eigenvalue weighted by Crippen LogP contribution is 2.21. The van der Waals surface area contributed by atoms with Gasteiger partial charge < -0.3 is 5.32 Å². The molecule has 1 aromatic heterocycles. The van der Waals surface area contributed by atoms with Crippen molar-refractivity contribution in [2.45, 2.75) is 0 Å². The quantitative estimate of drug-likeness (QED) is 0.859. The molecule has 0 radical (unpaired) electrons. The number of benzene rings is 1. The molecule has 0 amide bonds. The van der Waals surface area contributed by atoms with Gasteiger partial charge in [-0.3, -0.25) is 18.7 Å². The summed E-state index contributed by atoms with van der Waals surface area (Å²) in [6, 6.07) is 5.81. The Labute approximate surface area is 135 Å². The van der Waals surface area contributed by atoms with E-state index in [2.05, 4.69) is 5.32 Å². The highest BCUT2D eigenvalue weighted by molar-refractivity contribution is 6.36. The zero-order valence-electron chi connectivity index (χ0n) is 11.9. The van der Waals surface area contributed by atoms with Gasteiger partial charge in [-0.15, -0.1) is 0 Å². The van der Waals surface area contributed by atoms with Crippen LogP contribution in [-0.4, -0.2) is 21.5 Å². The van der Waals surface area contributed by atoms with E-state index < -0.39 is 11.2 Å². The van der Waals surface area contributed by atoms with Gasteiger partial charge in [0.25, 0.3) is 5.56 Å². The van der Waals surface area contributed by atoms with Crippen molar-refractivity contribution in [1.82, 2.24) is 9.13 Å². The lowest BCUT2D eigenvalue weighted by Crippen LogP contribution is -2.37. The van der Waals surface area contributed by atoms with Gasteiger partial charge in [0.05, 0.1) is 11.6 Å². The monoisotopic (exact) mass is 341 g/mol. The fourth-order valence-corrected chi connectivity index (χ4v) is 2.40. The number of anilines is 1. The normalized spacial score (nSPS) is 10.5. The lowest BCUT2D eigenvalue weighted by atomic mass is 10.1. The van der Waals surface area contributed by atoms with E-state index in [0.717, 1.165) is 4.57 Å². The second kappa shape index (κ2) is 6.37. The molecule has 6 nitrogen and oxygen atoms in total. The first-order valence-electron chi connectivity index (χ1n) is 6.30. The average Bonchev–Trinajstić information content (AvgIpc) is 2.47. The number of carbonyl (C=O) groups is 1. The van der Waals surface area contributed by atoms with Crippen LogP contribution in [0.25, 0.3) is 0 Å². The molecular formula is C14H13Cl2N3O3. The van der Waals surface area contributed by atoms with E-state index in [0.29, 0.717) is 10.6 Å². The molecule has 2 aromatic rings. The van der Waals surface area contributed by atoms with Crippen LogP contribution in [0.1, 0.15) is 10.4 Å². The van der Waals surface area contributed by atoms with Crippen LogP contribution in [-0.2, 0) is 14.1 Å². The minimum Gasteiger partial charge on any atom is -0.364 e. The van der Waals surface area contributed by atoms with E-state index in [1.54, 1.807) is 6.07 Å². The summed E-state index contributed by atoms with van der Waals surface area (Å²) in [4.78, 5) is 35.5. The Morgan fingerprint density at radius 2 is 1.82 bits per heavy atom. The van der Waals surface area contributed by atoms with E-state index in [9.17, 15) is 14.4 Å². The third kappa shape index (κ3) is 3.23. The molecule has 2 rings (SSSR count). The van der Waals surface area contributed by atoms with Gasteiger partial charge in [0, 0.05) is 30.7 Å². The highest BCUT2D eigenvalue weighted by Gasteiger charge is 2.12. The number of rotatable bonds is 4. The molecule has 0 spiro atoms. The Bertz CT molecular complexity index is 855. The van der Waals surface area contributed by atoms with Crippen LogP contribution in [0.15, 0.2) is 33.9 Å². The summed E-state index contributed by atoms with van der Waals surface area (Å²) in [6.07, 6.45) is 0. The van der Waals surface area contributed by atoms with Gasteiger partial charge in [-0.05, 0) is 18.2 Å². The standard InChI is InChI=1S/C14H13Cl2N3O3/c1-18-12(6-13(21)19(2)14(18)22)17-7-11(20)9-4-3-8(15)5-10(9)16/h3-6,17H,7H2,1-2H3. The summed E-state index contributed by atoms with van der Waals surface area (Å²) < 4.78 is 2.22. The van der Waals surface area contributed by atoms with Gasteiger partial charge in [-0.2, -0.15) is 0 Å². The molecule has 0 bridgehead atoms. The fourth-order valence-electron chi connectivity index (χ4n) is 1.88. The maximum Gasteiger partial charge on any atom is 0.332 e.